The molecule has 3 heterocycles. The van der Waals surface area contributed by atoms with E-state index in [1.165, 1.54) is 10.6 Å². The number of nitrogens with zero attached hydrogens (tertiary/aromatic N) is 5. The molecular formula is C20H19ClF3N6O+. The molecule has 0 aliphatic rings. The first-order chi connectivity index (χ1) is 14.7. The molecule has 1 N–H and O–H groups in total. The maximum atomic E-state index is 12.9. The summed E-state index contributed by atoms with van der Waals surface area (Å²) in [4.78, 5) is 21.5. The number of aryl methyl sites for hydroxylation is 1. The van der Waals surface area contributed by atoms with Crippen molar-refractivity contribution in [2.24, 2.45) is 7.05 Å². The van der Waals surface area contributed by atoms with Gasteiger partial charge in [-0.2, -0.15) is 23.3 Å². The summed E-state index contributed by atoms with van der Waals surface area (Å²) in [5.41, 5.74) is 0.716. The van der Waals surface area contributed by atoms with E-state index in [-0.39, 0.29) is 22.9 Å². The van der Waals surface area contributed by atoms with Crippen molar-refractivity contribution in [1.29, 1.82) is 0 Å². The number of halogens is 4. The molecule has 0 aliphatic carbocycles. The topological polar surface area (TPSA) is 72.4 Å². The zero-order chi connectivity index (χ0) is 22.3. The van der Waals surface area contributed by atoms with Crippen LogP contribution in [0.2, 0.25) is 5.28 Å². The molecule has 0 bridgehead atoms. The lowest BCUT2D eigenvalue weighted by Gasteiger charge is -2.06. The van der Waals surface area contributed by atoms with Crippen LogP contribution in [0.3, 0.4) is 0 Å². The predicted molar refractivity (Wildman–Crippen MR) is 109 cm³/mol. The van der Waals surface area contributed by atoms with Crippen molar-refractivity contribution in [3.05, 3.63) is 63.4 Å². The molecule has 0 aliphatic heterocycles. The van der Waals surface area contributed by atoms with Crippen molar-refractivity contribution in [3.63, 3.8) is 0 Å². The van der Waals surface area contributed by atoms with E-state index in [1.54, 1.807) is 34.8 Å². The fraction of sp³-hybridized carbons (Fsp3) is 0.300. The van der Waals surface area contributed by atoms with Crippen LogP contribution in [0, 0.1) is 0 Å². The van der Waals surface area contributed by atoms with Crippen molar-refractivity contribution in [2.45, 2.75) is 32.6 Å². The Bertz CT molecular complexity index is 1320. The number of aromatic nitrogens is 6. The molecule has 0 saturated heterocycles. The summed E-state index contributed by atoms with van der Waals surface area (Å²) in [7, 11) is 1.72. The first kappa shape index (κ1) is 21.1. The smallest absolute Gasteiger partial charge is 0.311 e. The lowest BCUT2D eigenvalue weighted by atomic mass is 10.1. The van der Waals surface area contributed by atoms with E-state index in [2.05, 4.69) is 15.1 Å². The van der Waals surface area contributed by atoms with Gasteiger partial charge in [-0.3, -0.25) is 9.36 Å². The summed E-state index contributed by atoms with van der Waals surface area (Å²) in [6, 6.07) is 5.16. The van der Waals surface area contributed by atoms with Gasteiger partial charge in [-0.1, -0.05) is 19.1 Å². The van der Waals surface area contributed by atoms with E-state index in [0.29, 0.717) is 29.1 Å². The lowest BCUT2D eigenvalue weighted by molar-refractivity contribution is -0.742. The number of benzene rings is 1. The van der Waals surface area contributed by atoms with E-state index >= 15 is 0 Å². The van der Waals surface area contributed by atoms with Gasteiger partial charge in [-0.15, -0.1) is 4.68 Å². The fourth-order valence-electron chi connectivity index (χ4n) is 3.45. The summed E-state index contributed by atoms with van der Waals surface area (Å²) in [5.74, 6) is 0.490. The molecule has 3 aromatic heterocycles. The standard InChI is InChI=1S/C20H18ClF3N6O/c1-3-7-30-18(31)15-17(27-19(30)21)28(2)16(26-15)13-9-25-29(11-13)10-12-5-4-6-14(8-12)20(22,23)24/h4-6,8-9,11H,3,7,10H2,1-2H3/p+1. The minimum absolute atomic E-state index is 0.0996. The van der Waals surface area contributed by atoms with Gasteiger partial charge in [0.05, 0.1) is 11.8 Å². The highest BCUT2D eigenvalue weighted by Gasteiger charge is 2.30. The Labute approximate surface area is 179 Å². The summed E-state index contributed by atoms with van der Waals surface area (Å²) >= 11 is 6.17. The van der Waals surface area contributed by atoms with Crippen molar-refractivity contribution in [2.75, 3.05) is 0 Å². The zero-order valence-electron chi connectivity index (χ0n) is 16.7. The third-order valence-corrected chi connectivity index (χ3v) is 5.22. The summed E-state index contributed by atoms with van der Waals surface area (Å²) < 4.78 is 43.5. The van der Waals surface area contributed by atoms with Gasteiger partial charge in [0.25, 0.3) is 5.56 Å². The molecule has 0 spiro atoms. The van der Waals surface area contributed by atoms with Crippen LogP contribution >= 0.6 is 11.6 Å². The minimum atomic E-state index is -4.40. The Morgan fingerprint density at radius 3 is 2.74 bits per heavy atom. The van der Waals surface area contributed by atoms with E-state index in [0.717, 1.165) is 18.6 Å². The van der Waals surface area contributed by atoms with Crippen molar-refractivity contribution in [3.8, 4) is 11.4 Å². The fourth-order valence-corrected chi connectivity index (χ4v) is 3.69. The number of fused-ring (bicyclic) bond motifs is 1. The SMILES string of the molecule is CCCn1c(Cl)nc2c(nc(-c3c[nH][n+](Cc4cccc(C(F)(F)F)c4)c3)n2C)c1=O. The van der Waals surface area contributed by atoms with Gasteiger partial charge in [0.1, 0.15) is 11.4 Å². The second-order valence-corrected chi connectivity index (χ2v) is 7.53. The number of nitrogens with one attached hydrogen (secondary N) is 1. The molecule has 1 aromatic carbocycles. The van der Waals surface area contributed by atoms with Gasteiger partial charge in [0.2, 0.25) is 11.5 Å². The van der Waals surface area contributed by atoms with Gasteiger partial charge in [-0.25, -0.2) is 4.98 Å². The molecule has 7 nitrogen and oxygen atoms in total. The number of aromatic amines is 1. The quantitative estimate of drug-likeness (QED) is 0.372. The van der Waals surface area contributed by atoms with Gasteiger partial charge >= 0.3 is 6.18 Å². The third-order valence-electron chi connectivity index (χ3n) is 4.93. The summed E-state index contributed by atoms with van der Waals surface area (Å²) in [6.45, 7) is 2.58. The molecule has 0 unspecified atom stereocenters. The second kappa shape index (κ2) is 7.84. The van der Waals surface area contributed by atoms with Gasteiger partial charge < -0.3 is 4.57 Å². The molecule has 162 valence electrons. The van der Waals surface area contributed by atoms with Crippen LogP contribution in [0.15, 0.2) is 41.5 Å². The number of rotatable bonds is 5. The summed E-state index contributed by atoms with van der Waals surface area (Å²) in [5, 5.41) is 3.09. The van der Waals surface area contributed by atoms with Crippen LogP contribution in [-0.2, 0) is 26.3 Å². The Kier molecular flexibility index (Phi) is 5.34. The van der Waals surface area contributed by atoms with Crippen LogP contribution in [0.5, 0.6) is 0 Å². The molecule has 0 fully saturated rings. The molecule has 11 heteroatoms. The van der Waals surface area contributed by atoms with Crippen molar-refractivity contribution in [1.82, 2.24) is 24.2 Å². The average molecular weight is 452 g/mol. The number of hydrogen-bond donors (Lipinski definition) is 1. The normalized spacial score (nSPS) is 12.1. The Hall–Kier alpha value is -3.14. The largest absolute Gasteiger partial charge is 0.416 e. The van der Waals surface area contributed by atoms with E-state index in [1.807, 2.05) is 6.92 Å². The molecule has 4 rings (SSSR count). The van der Waals surface area contributed by atoms with Gasteiger partial charge in [-0.05, 0) is 30.2 Å². The minimum Gasteiger partial charge on any atom is -0.311 e. The zero-order valence-corrected chi connectivity index (χ0v) is 17.5. The van der Waals surface area contributed by atoms with Crippen LogP contribution in [0.25, 0.3) is 22.6 Å². The number of H-pyrrole nitrogens is 1. The van der Waals surface area contributed by atoms with E-state index in [4.69, 9.17) is 11.6 Å². The first-order valence-corrected chi connectivity index (χ1v) is 9.94. The van der Waals surface area contributed by atoms with E-state index in [9.17, 15) is 18.0 Å². The number of imidazole rings is 1. The Morgan fingerprint density at radius 1 is 1.26 bits per heavy atom. The van der Waals surface area contributed by atoms with E-state index < -0.39 is 11.7 Å². The highest BCUT2D eigenvalue weighted by atomic mass is 35.5. The molecule has 0 atom stereocenters. The monoisotopic (exact) mass is 451 g/mol. The van der Waals surface area contributed by atoms with Crippen LogP contribution in [-0.4, -0.2) is 24.2 Å². The molecule has 4 aromatic rings. The highest BCUT2D eigenvalue weighted by molar-refractivity contribution is 6.28. The predicted octanol–water partition coefficient (Wildman–Crippen LogP) is 3.54. The molecule has 0 saturated carbocycles. The third kappa shape index (κ3) is 3.95. The molecule has 0 amide bonds. The maximum absolute atomic E-state index is 12.9. The van der Waals surface area contributed by atoms with Crippen LogP contribution < -0.4 is 10.2 Å². The molecule has 0 radical (unpaired) electrons. The maximum Gasteiger partial charge on any atom is 0.416 e. The van der Waals surface area contributed by atoms with Gasteiger partial charge in [0, 0.05) is 19.2 Å². The highest BCUT2D eigenvalue weighted by Crippen LogP contribution is 2.29. The van der Waals surface area contributed by atoms with Crippen LogP contribution in [0.1, 0.15) is 24.5 Å². The van der Waals surface area contributed by atoms with Crippen molar-refractivity contribution >= 4 is 22.8 Å². The number of alkyl halides is 3. The summed E-state index contributed by atoms with van der Waals surface area (Å²) in [6.07, 6.45) is -0.290. The second-order valence-electron chi connectivity index (χ2n) is 7.19. The first-order valence-electron chi connectivity index (χ1n) is 9.56. The van der Waals surface area contributed by atoms with Crippen LogP contribution in [0.4, 0.5) is 13.2 Å². The molecular weight excluding hydrogens is 433 g/mol. The Morgan fingerprint density at radius 2 is 2.03 bits per heavy atom. The Balaban J connectivity index is 1.69. The van der Waals surface area contributed by atoms with Crippen molar-refractivity contribution < 1.29 is 17.9 Å². The lowest BCUT2D eigenvalue weighted by Crippen LogP contribution is -2.35. The molecule has 31 heavy (non-hydrogen) atoms. The average Bonchev–Trinajstić information content (AvgIpc) is 3.30. The number of hydrogen-bond acceptors (Lipinski definition) is 3. The van der Waals surface area contributed by atoms with Gasteiger partial charge in [0.15, 0.2) is 17.7 Å².